The van der Waals surface area contributed by atoms with E-state index in [9.17, 15) is 4.39 Å². The molecule has 0 atom stereocenters. The van der Waals surface area contributed by atoms with Gasteiger partial charge in [0.2, 0.25) is 0 Å². The molecule has 0 unspecified atom stereocenters. The normalized spacial score (nSPS) is 10.9. The number of nitrogens with zero attached hydrogens (tertiary/aromatic N) is 1. The number of fused-ring (bicyclic) bond motifs is 1. The first-order valence-corrected chi connectivity index (χ1v) is 4.63. The van der Waals surface area contributed by atoms with Crippen molar-refractivity contribution >= 4 is 45.1 Å². The molecule has 62 valence electrons. The van der Waals surface area contributed by atoms with E-state index in [-0.39, 0.29) is 5.82 Å². The molecule has 1 N–H and O–H groups in total. The quantitative estimate of drug-likeness (QED) is 0.744. The van der Waals surface area contributed by atoms with Crippen molar-refractivity contribution < 1.29 is 4.39 Å². The number of hydrogen-bond acceptors (Lipinski definition) is 1. The molecule has 0 bridgehead atoms. The zero-order chi connectivity index (χ0) is 8.72. The summed E-state index contributed by atoms with van der Waals surface area (Å²) in [6.45, 7) is 0. The van der Waals surface area contributed by atoms with Gasteiger partial charge in [-0.3, -0.25) is 5.10 Å². The molecule has 2 rings (SSSR count). The molecule has 5 heteroatoms. The van der Waals surface area contributed by atoms with Crippen LogP contribution >= 0.6 is 34.2 Å². The highest BCUT2D eigenvalue weighted by molar-refractivity contribution is 14.1. The Hall–Kier alpha value is -0.360. The highest BCUT2D eigenvalue weighted by Crippen LogP contribution is 2.26. The minimum absolute atomic E-state index is 0.354. The van der Waals surface area contributed by atoms with Gasteiger partial charge in [-0.25, -0.2) is 4.39 Å². The fraction of sp³-hybridized carbons (Fsp3) is 0. The van der Waals surface area contributed by atoms with E-state index in [1.807, 2.05) is 22.6 Å². The first kappa shape index (κ1) is 8.25. The molecule has 0 fully saturated rings. The fourth-order valence-corrected chi connectivity index (χ4v) is 2.19. The van der Waals surface area contributed by atoms with Crippen LogP contribution in [0.15, 0.2) is 12.1 Å². The Bertz CT molecular complexity index is 440. The fourth-order valence-electron chi connectivity index (χ4n) is 1.04. The number of aromatic amines is 1. The van der Waals surface area contributed by atoms with Gasteiger partial charge in [-0.1, -0.05) is 11.6 Å². The minimum Gasteiger partial charge on any atom is -0.277 e. The summed E-state index contributed by atoms with van der Waals surface area (Å²) < 4.78 is 13.5. The monoisotopic (exact) mass is 296 g/mol. The summed E-state index contributed by atoms with van der Waals surface area (Å²) >= 11 is 7.85. The predicted octanol–water partition coefficient (Wildman–Crippen LogP) is 2.96. The average molecular weight is 296 g/mol. The number of halogens is 3. The zero-order valence-corrected chi connectivity index (χ0v) is 8.65. The van der Waals surface area contributed by atoms with Crippen molar-refractivity contribution in [2.24, 2.45) is 0 Å². The van der Waals surface area contributed by atoms with E-state index in [0.717, 1.165) is 9.09 Å². The van der Waals surface area contributed by atoms with Gasteiger partial charge in [0.15, 0.2) is 0 Å². The second-order valence-corrected chi connectivity index (χ2v) is 3.75. The van der Waals surface area contributed by atoms with Crippen LogP contribution in [0.5, 0.6) is 0 Å². The van der Waals surface area contributed by atoms with Crippen LogP contribution in [-0.2, 0) is 0 Å². The number of hydrogen-bond donors (Lipinski definition) is 1. The lowest BCUT2D eigenvalue weighted by molar-refractivity contribution is 0.629. The van der Waals surface area contributed by atoms with Crippen LogP contribution in [0.3, 0.4) is 0 Å². The summed E-state index contributed by atoms with van der Waals surface area (Å²) in [7, 11) is 0. The average Bonchev–Trinajstić information content (AvgIpc) is 2.31. The highest BCUT2D eigenvalue weighted by Gasteiger charge is 2.08. The summed E-state index contributed by atoms with van der Waals surface area (Å²) in [5.41, 5.74) is 0.629. The second kappa shape index (κ2) is 2.85. The van der Waals surface area contributed by atoms with Gasteiger partial charge in [0.1, 0.15) is 9.52 Å². The van der Waals surface area contributed by atoms with E-state index < -0.39 is 0 Å². The molecular formula is C7H3ClFIN2. The number of rotatable bonds is 0. The maximum Gasteiger partial charge on any atom is 0.132 e. The highest BCUT2D eigenvalue weighted by atomic mass is 127. The number of benzene rings is 1. The molecule has 0 saturated carbocycles. The molecule has 0 radical (unpaired) electrons. The van der Waals surface area contributed by atoms with Crippen molar-refractivity contribution in [3.63, 3.8) is 0 Å². The van der Waals surface area contributed by atoms with Crippen LogP contribution in [0.4, 0.5) is 4.39 Å². The van der Waals surface area contributed by atoms with Crippen molar-refractivity contribution in [1.29, 1.82) is 0 Å². The molecule has 0 spiro atoms. The van der Waals surface area contributed by atoms with Crippen molar-refractivity contribution in [2.75, 3.05) is 0 Å². The van der Waals surface area contributed by atoms with Gasteiger partial charge >= 0.3 is 0 Å². The lowest BCUT2D eigenvalue weighted by atomic mass is 10.2. The first-order valence-electron chi connectivity index (χ1n) is 3.17. The molecule has 0 amide bonds. The van der Waals surface area contributed by atoms with Crippen LogP contribution in [0.2, 0.25) is 5.02 Å². The molecule has 0 saturated heterocycles. The molecule has 0 aliphatic rings. The Labute approximate surface area is 86.2 Å². The van der Waals surface area contributed by atoms with Crippen molar-refractivity contribution in [3.8, 4) is 0 Å². The summed E-state index contributed by atoms with van der Waals surface area (Å²) in [4.78, 5) is 0. The molecule has 2 aromatic rings. The second-order valence-electron chi connectivity index (χ2n) is 2.32. The van der Waals surface area contributed by atoms with E-state index in [2.05, 4.69) is 10.2 Å². The Kier molecular flexibility index (Phi) is 1.96. The van der Waals surface area contributed by atoms with Crippen LogP contribution in [-0.4, -0.2) is 10.2 Å². The predicted molar refractivity (Wildman–Crippen MR) is 53.8 cm³/mol. The van der Waals surface area contributed by atoms with Crippen LogP contribution < -0.4 is 0 Å². The van der Waals surface area contributed by atoms with Gasteiger partial charge in [-0.05, 0) is 34.7 Å². The number of aromatic nitrogens is 2. The smallest absolute Gasteiger partial charge is 0.132 e. The van der Waals surface area contributed by atoms with E-state index in [1.165, 1.54) is 12.1 Å². The largest absolute Gasteiger partial charge is 0.277 e. The molecule has 0 aliphatic carbocycles. The first-order chi connectivity index (χ1) is 5.68. The van der Waals surface area contributed by atoms with E-state index >= 15 is 0 Å². The van der Waals surface area contributed by atoms with Crippen LogP contribution in [0.25, 0.3) is 10.9 Å². The van der Waals surface area contributed by atoms with Crippen molar-refractivity contribution in [2.45, 2.75) is 0 Å². The lowest BCUT2D eigenvalue weighted by Gasteiger charge is -1.93. The summed E-state index contributed by atoms with van der Waals surface area (Å²) in [6.07, 6.45) is 0. The number of nitrogens with one attached hydrogen (secondary N) is 1. The summed E-state index contributed by atoms with van der Waals surface area (Å²) in [6, 6.07) is 2.65. The molecule has 2 nitrogen and oxygen atoms in total. The van der Waals surface area contributed by atoms with Crippen molar-refractivity contribution in [1.82, 2.24) is 10.2 Å². The third-order valence-corrected chi connectivity index (χ3v) is 2.61. The van der Waals surface area contributed by atoms with Gasteiger partial charge < -0.3 is 0 Å². The van der Waals surface area contributed by atoms with Crippen molar-refractivity contribution in [3.05, 3.63) is 26.7 Å². The van der Waals surface area contributed by atoms with Gasteiger partial charge in [-0.2, -0.15) is 5.10 Å². The molecule has 1 aromatic heterocycles. The Morgan fingerprint density at radius 2 is 2.25 bits per heavy atom. The van der Waals surface area contributed by atoms with E-state index in [0.29, 0.717) is 10.5 Å². The third-order valence-electron chi connectivity index (χ3n) is 1.54. The molecule has 1 aromatic carbocycles. The third kappa shape index (κ3) is 1.19. The zero-order valence-electron chi connectivity index (χ0n) is 5.74. The molecular weight excluding hydrogens is 293 g/mol. The van der Waals surface area contributed by atoms with Gasteiger partial charge in [0.05, 0.1) is 15.9 Å². The molecule has 0 aliphatic heterocycles. The standard InChI is InChI=1S/C7H3ClFIN2/c8-4-1-3(9)2-5-6(4)7(10)12-11-5/h1-2H,(H,11,12). The number of H-pyrrole nitrogens is 1. The Balaban J connectivity index is 2.93. The Morgan fingerprint density at radius 1 is 1.50 bits per heavy atom. The van der Waals surface area contributed by atoms with E-state index in [1.54, 1.807) is 0 Å². The maximum absolute atomic E-state index is 12.8. The maximum atomic E-state index is 12.8. The topological polar surface area (TPSA) is 28.7 Å². The molecule has 12 heavy (non-hydrogen) atoms. The summed E-state index contributed by atoms with van der Waals surface area (Å²) in [5.74, 6) is -0.354. The Morgan fingerprint density at radius 3 is 3.00 bits per heavy atom. The van der Waals surface area contributed by atoms with Gasteiger partial charge in [0, 0.05) is 0 Å². The SMILES string of the molecule is Fc1cc(Cl)c2c(I)n[nH]c2c1. The lowest BCUT2D eigenvalue weighted by Crippen LogP contribution is -1.76. The van der Waals surface area contributed by atoms with Gasteiger partial charge in [0.25, 0.3) is 0 Å². The van der Waals surface area contributed by atoms with Crippen LogP contribution in [0, 0.1) is 9.52 Å². The van der Waals surface area contributed by atoms with E-state index in [4.69, 9.17) is 11.6 Å². The molecule has 1 heterocycles. The minimum atomic E-state index is -0.354. The summed E-state index contributed by atoms with van der Waals surface area (Å²) in [5, 5.41) is 7.76. The van der Waals surface area contributed by atoms with Crippen LogP contribution in [0.1, 0.15) is 0 Å². The van der Waals surface area contributed by atoms with Gasteiger partial charge in [-0.15, -0.1) is 0 Å².